The van der Waals surface area contributed by atoms with Gasteiger partial charge in [0.2, 0.25) is 0 Å². The summed E-state index contributed by atoms with van der Waals surface area (Å²) in [5, 5.41) is 11.1. The molecular weight excluding hydrogens is 397 g/mol. The van der Waals surface area contributed by atoms with Crippen molar-refractivity contribution in [2.75, 3.05) is 20.8 Å². The predicted octanol–water partition coefficient (Wildman–Crippen LogP) is 4.07. The Labute approximate surface area is 182 Å². The van der Waals surface area contributed by atoms with Gasteiger partial charge in [0.1, 0.15) is 24.3 Å². The molecule has 164 valence electrons. The van der Waals surface area contributed by atoms with Crippen molar-refractivity contribution in [2.45, 2.75) is 24.5 Å². The number of rotatable bonds is 10. The van der Waals surface area contributed by atoms with E-state index in [4.69, 9.17) is 19.9 Å². The molecule has 3 N–H and O–H groups in total. The number of benzene rings is 3. The fourth-order valence-electron chi connectivity index (χ4n) is 3.48. The topological polar surface area (TPSA) is 73.9 Å². The fraction of sp³-hybridized carbons (Fsp3) is 0.280. The Balaban J connectivity index is 1.86. The van der Waals surface area contributed by atoms with Crippen LogP contribution in [0.25, 0.3) is 0 Å². The molecule has 0 aliphatic carbocycles. The van der Waals surface area contributed by atoms with Crippen LogP contribution in [0.5, 0.6) is 17.2 Å². The normalized spacial score (nSPS) is 13.8. The number of hydrogen-bond acceptors (Lipinski definition) is 5. The third-order valence-corrected chi connectivity index (χ3v) is 5.41. The SMILES string of the molecule is COc1ccc(C(N)(CCc2ccccc2)C(O)COc2ccc(F)cc2)cc1OC. The van der Waals surface area contributed by atoms with Gasteiger partial charge in [0.25, 0.3) is 0 Å². The van der Waals surface area contributed by atoms with Crippen molar-refractivity contribution in [1.82, 2.24) is 0 Å². The molecule has 0 radical (unpaired) electrons. The lowest BCUT2D eigenvalue weighted by molar-refractivity contribution is 0.0333. The van der Waals surface area contributed by atoms with Crippen LogP contribution in [0.4, 0.5) is 4.39 Å². The highest BCUT2D eigenvalue weighted by atomic mass is 19.1. The second-order valence-corrected chi connectivity index (χ2v) is 7.38. The average Bonchev–Trinajstić information content (AvgIpc) is 2.82. The van der Waals surface area contributed by atoms with Gasteiger partial charge in [0.05, 0.1) is 19.8 Å². The van der Waals surface area contributed by atoms with Crippen molar-refractivity contribution in [3.8, 4) is 17.2 Å². The molecule has 0 bridgehead atoms. The average molecular weight is 426 g/mol. The molecule has 0 spiro atoms. The maximum absolute atomic E-state index is 13.1. The van der Waals surface area contributed by atoms with Crippen LogP contribution in [0.1, 0.15) is 17.5 Å². The van der Waals surface area contributed by atoms with E-state index in [-0.39, 0.29) is 12.4 Å². The van der Waals surface area contributed by atoms with E-state index >= 15 is 0 Å². The summed E-state index contributed by atoms with van der Waals surface area (Å²) in [6.07, 6.45) is 0.110. The van der Waals surface area contributed by atoms with Crippen molar-refractivity contribution >= 4 is 0 Å². The number of aryl methyl sites for hydroxylation is 1. The van der Waals surface area contributed by atoms with Gasteiger partial charge in [-0.2, -0.15) is 0 Å². The van der Waals surface area contributed by atoms with Gasteiger partial charge in [0.15, 0.2) is 11.5 Å². The minimum Gasteiger partial charge on any atom is -0.493 e. The highest BCUT2D eigenvalue weighted by Crippen LogP contribution is 2.35. The summed E-state index contributed by atoms with van der Waals surface area (Å²) in [7, 11) is 3.12. The van der Waals surface area contributed by atoms with Crippen LogP contribution < -0.4 is 19.9 Å². The second-order valence-electron chi connectivity index (χ2n) is 7.38. The van der Waals surface area contributed by atoms with E-state index < -0.39 is 11.6 Å². The quantitative estimate of drug-likeness (QED) is 0.512. The van der Waals surface area contributed by atoms with Gasteiger partial charge in [-0.1, -0.05) is 36.4 Å². The largest absolute Gasteiger partial charge is 0.493 e. The fourth-order valence-corrected chi connectivity index (χ4v) is 3.48. The Morgan fingerprint density at radius 2 is 1.61 bits per heavy atom. The number of methoxy groups -OCH3 is 2. The second kappa shape index (κ2) is 10.3. The lowest BCUT2D eigenvalue weighted by Gasteiger charge is -2.35. The van der Waals surface area contributed by atoms with Crippen LogP contribution >= 0.6 is 0 Å². The summed E-state index contributed by atoms with van der Waals surface area (Å²) in [5.74, 6) is 1.21. The zero-order chi connectivity index (χ0) is 22.3. The minimum atomic E-state index is -1.12. The van der Waals surface area contributed by atoms with Crippen LogP contribution in [-0.2, 0) is 12.0 Å². The van der Waals surface area contributed by atoms with E-state index in [0.717, 1.165) is 5.56 Å². The molecule has 5 nitrogen and oxygen atoms in total. The molecule has 6 heteroatoms. The molecule has 31 heavy (non-hydrogen) atoms. The van der Waals surface area contributed by atoms with Crippen LogP contribution in [0.2, 0.25) is 0 Å². The Kier molecular flexibility index (Phi) is 7.50. The number of aliphatic hydroxyl groups excluding tert-OH is 1. The highest BCUT2D eigenvalue weighted by molar-refractivity contribution is 5.45. The van der Waals surface area contributed by atoms with Crippen molar-refractivity contribution in [1.29, 1.82) is 0 Å². The molecular formula is C25H28FNO4. The molecule has 0 saturated heterocycles. The zero-order valence-corrected chi connectivity index (χ0v) is 17.8. The lowest BCUT2D eigenvalue weighted by Crippen LogP contribution is -2.51. The van der Waals surface area contributed by atoms with Gasteiger partial charge in [-0.25, -0.2) is 4.39 Å². The summed E-state index contributed by atoms with van der Waals surface area (Å²) < 4.78 is 29.6. The van der Waals surface area contributed by atoms with E-state index in [1.54, 1.807) is 26.4 Å². The molecule has 2 atom stereocenters. The van der Waals surface area contributed by atoms with Crippen LogP contribution in [0.15, 0.2) is 72.8 Å². The molecule has 2 unspecified atom stereocenters. The smallest absolute Gasteiger partial charge is 0.161 e. The van der Waals surface area contributed by atoms with E-state index in [2.05, 4.69) is 0 Å². The molecule has 0 aliphatic heterocycles. The minimum absolute atomic E-state index is 0.0503. The van der Waals surface area contributed by atoms with Gasteiger partial charge >= 0.3 is 0 Å². The van der Waals surface area contributed by atoms with E-state index in [9.17, 15) is 9.50 Å². The molecule has 0 aromatic heterocycles. The first kappa shape index (κ1) is 22.6. The molecule has 0 fully saturated rings. The number of nitrogens with two attached hydrogens (primary N) is 1. The van der Waals surface area contributed by atoms with E-state index in [1.165, 1.54) is 24.3 Å². The molecule has 3 aromatic carbocycles. The summed E-state index contributed by atoms with van der Waals surface area (Å²) in [5.41, 5.74) is 7.53. The van der Waals surface area contributed by atoms with Crippen LogP contribution in [0, 0.1) is 5.82 Å². The maximum Gasteiger partial charge on any atom is 0.161 e. The monoisotopic (exact) mass is 425 g/mol. The van der Waals surface area contributed by atoms with E-state index in [1.807, 2.05) is 36.4 Å². The number of halogens is 1. The van der Waals surface area contributed by atoms with Crippen LogP contribution in [-0.4, -0.2) is 32.0 Å². The van der Waals surface area contributed by atoms with Crippen molar-refractivity contribution in [2.24, 2.45) is 5.73 Å². The molecule has 0 saturated carbocycles. The molecule has 0 heterocycles. The standard InChI is InChI=1S/C25H28FNO4/c1-29-22-13-8-19(16-23(22)30-2)25(27,15-14-18-6-4-3-5-7-18)24(28)17-31-21-11-9-20(26)10-12-21/h3-13,16,24,28H,14-15,17,27H2,1-2H3. The first-order chi connectivity index (χ1) is 15.0. The lowest BCUT2D eigenvalue weighted by atomic mass is 9.80. The van der Waals surface area contributed by atoms with Gasteiger partial charge in [-0.3, -0.25) is 0 Å². The summed E-state index contributed by atoms with van der Waals surface area (Å²) in [6, 6.07) is 21.0. The van der Waals surface area contributed by atoms with E-state index in [0.29, 0.717) is 35.7 Å². The van der Waals surface area contributed by atoms with Crippen molar-refractivity contribution < 1.29 is 23.7 Å². The number of ether oxygens (including phenoxy) is 3. The van der Waals surface area contributed by atoms with Crippen LogP contribution in [0.3, 0.4) is 0 Å². The molecule has 3 aromatic rings. The first-order valence-electron chi connectivity index (χ1n) is 10.1. The molecule has 3 rings (SSSR count). The third-order valence-electron chi connectivity index (χ3n) is 5.41. The Hall–Kier alpha value is -3.09. The summed E-state index contributed by atoms with van der Waals surface area (Å²) >= 11 is 0. The summed E-state index contributed by atoms with van der Waals surface area (Å²) in [6.45, 7) is -0.0503. The Bertz CT molecular complexity index is 965. The number of hydrogen-bond donors (Lipinski definition) is 2. The Morgan fingerprint density at radius 3 is 2.26 bits per heavy atom. The first-order valence-corrected chi connectivity index (χ1v) is 10.1. The van der Waals surface area contributed by atoms with Gasteiger partial charge in [-0.15, -0.1) is 0 Å². The highest BCUT2D eigenvalue weighted by Gasteiger charge is 2.36. The van der Waals surface area contributed by atoms with Gasteiger partial charge in [0, 0.05) is 0 Å². The summed E-state index contributed by atoms with van der Waals surface area (Å²) in [4.78, 5) is 0. The third kappa shape index (κ3) is 5.54. The predicted molar refractivity (Wildman–Crippen MR) is 118 cm³/mol. The molecule has 0 aliphatic rings. The maximum atomic E-state index is 13.1. The van der Waals surface area contributed by atoms with Gasteiger partial charge in [-0.05, 0) is 60.4 Å². The van der Waals surface area contributed by atoms with Crippen molar-refractivity contribution in [3.63, 3.8) is 0 Å². The number of aliphatic hydroxyl groups is 1. The zero-order valence-electron chi connectivity index (χ0n) is 17.8. The Morgan fingerprint density at radius 1 is 0.935 bits per heavy atom. The molecule has 0 amide bonds. The van der Waals surface area contributed by atoms with Gasteiger partial charge < -0.3 is 25.1 Å². The van der Waals surface area contributed by atoms with Crippen molar-refractivity contribution in [3.05, 3.63) is 89.7 Å².